The van der Waals surface area contributed by atoms with Crippen LogP contribution in [-0.2, 0) is 12.8 Å². The Morgan fingerprint density at radius 2 is 1.90 bits per heavy atom. The summed E-state index contributed by atoms with van der Waals surface area (Å²) >= 11 is 6.07. The van der Waals surface area contributed by atoms with E-state index in [1.807, 2.05) is 30.3 Å². The van der Waals surface area contributed by atoms with Gasteiger partial charge in [-0.1, -0.05) is 56.1 Å². The predicted octanol–water partition coefficient (Wildman–Crippen LogP) is 8.09. The molecular formula is C26H26ClNO2. The Morgan fingerprint density at radius 3 is 2.70 bits per heavy atom. The molecule has 0 fully saturated rings. The fraction of sp³-hybridized carbons (Fsp3) is 0.269. The van der Waals surface area contributed by atoms with Crippen LogP contribution in [0.3, 0.4) is 0 Å². The summed E-state index contributed by atoms with van der Waals surface area (Å²) in [5.41, 5.74) is 4.99. The number of halogens is 1. The van der Waals surface area contributed by atoms with Gasteiger partial charge in [0.25, 0.3) is 0 Å². The number of hydrogen-bond donors (Lipinski definition) is 0. The number of benzene rings is 3. The van der Waals surface area contributed by atoms with Gasteiger partial charge in [0, 0.05) is 22.0 Å². The van der Waals surface area contributed by atoms with Crippen molar-refractivity contribution in [1.29, 1.82) is 0 Å². The molecule has 0 N–H and O–H groups in total. The normalized spacial score (nSPS) is 11.4. The van der Waals surface area contributed by atoms with Gasteiger partial charge >= 0.3 is 0 Å². The Morgan fingerprint density at radius 1 is 1.03 bits per heavy atom. The smallest absolute Gasteiger partial charge is 0.169 e. The van der Waals surface area contributed by atoms with Crippen LogP contribution in [0.2, 0.25) is 5.02 Å². The molecule has 0 aliphatic rings. The van der Waals surface area contributed by atoms with Gasteiger partial charge in [0.05, 0.1) is 0 Å². The Labute approximate surface area is 182 Å². The summed E-state index contributed by atoms with van der Waals surface area (Å²) in [6.07, 6.45) is 3.00. The maximum atomic E-state index is 6.30. The SMILES string of the molecule is CCCc1cc(-c2noc3cc(Cl)ccc23)ccc1Oc1cccc(CC(C)C)c1. The molecule has 0 amide bonds. The third-order valence-electron chi connectivity index (χ3n) is 5.06. The van der Waals surface area contributed by atoms with Gasteiger partial charge in [0.2, 0.25) is 0 Å². The van der Waals surface area contributed by atoms with Crippen LogP contribution in [-0.4, -0.2) is 5.16 Å². The lowest BCUT2D eigenvalue weighted by Crippen LogP contribution is -1.96. The molecule has 0 spiro atoms. The highest BCUT2D eigenvalue weighted by atomic mass is 35.5. The minimum absolute atomic E-state index is 0.613. The first-order chi connectivity index (χ1) is 14.5. The standard InChI is InChI=1S/C26H26ClNO2/c1-4-6-19-15-20(26-23-11-10-21(27)16-25(23)30-28-26)9-12-24(19)29-22-8-5-7-18(14-22)13-17(2)3/h5,7-12,14-17H,4,6,13H2,1-3H3. The van der Waals surface area contributed by atoms with E-state index in [9.17, 15) is 0 Å². The Bertz CT molecular complexity index is 1160. The lowest BCUT2D eigenvalue weighted by atomic mass is 10.0. The van der Waals surface area contributed by atoms with E-state index in [-0.39, 0.29) is 0 Å². The monoisotopic (exact) mass is 419 g/mol. The fourth-order valence-corrected chi connectivity index (χ4v) is 3.91. The molecule has 3 aromatic carbocycles. The molecule has 30 heavy (non-hydrogen) atoms. The zero-order valence-electron chi connectivity index (χ0n) is 17.6. The fourth-order valence-electron chi connectivity index (χ4n) is 3.74. The van der Waals surface area contributed by atoms with E-state index in [1.165, 1.54) is 5.56 Å². The molecule has 0 aliphatic carbocycles. The van der Waals surface area contributed by atoms with Crippen LogP contribution in [0.4, 0.5) is 0 Å². The Kier molecular flexibility index (Phi) is 6.10. The third-order valence-corrected chi connectivity index (χ3v) is 5.29. The van der Waals surface area contributed by atoms with Crippen LogP contribution >= 0.6 is 11.6 Å². The van der Waals surface area contributed by atoms with Gasteiger partial charge in [0.15, 0.2) is 5.58 Å². The topological polar surface area (TPSA) is 35.3 Å². The van der Waals surface area contributed by atoms with E-state index in [4.69, 9.17) is 20.9 Å². The van der Waals surface area contributed by atoms with Crippen LogP contribution < -0.4 is 4.74 Å². The van der Waals surface area contributed by atoms with Crippen molar-refractivity contribution in [1.82, 2.24) is 5.16 Å². The summed E-state index contributed by atoms with van der Waals surface area (Å²) in [6, 6.07) is 20.2. The highest BCUT2D eigenvalue weighted by molar-refractivity contribution is 6.31. The van der Waals surface area contributed by atoms with Crippen molar-refractivity contribution >= 4 is 22.6 Å². The van der Waals surface area contributed by atoms with Crippen molar-refractivity contribution in [2.45, 2.75) is 40.0 Å². The number of nitrogens with zero attached hydrogens (tertiary/aromatic N) is 1. The molecule has 4 heteroatoms. The Balaban J connectivity index is 1.67. The molecule has 0 aliphatic heterocycles. The molecule has 4 aromatic rings. The molecule has 0 saturated carbocycles. The van der Waals surface area contributed by atoms with Gasteiger partial charge in [0.1, 0.15) is 17.2 Å². The summed E-state index contributed by atoms with van der Waals surface area (Å²) < 4.78 is 11.8. The summed E-state index contributed by atoms with van der Waals surface area (Å²) in [6.45, 7) is 6.63. The summed E-state index contributed by atoms with van der Waals surface area (Å²) in [4.78, 5) is 0. The van der Waals surface area contributed by atoms with E-state index in [0.717, 1.165) is 53.0 Å². The second kappa shape index (κ2) is 8.93. The van der Waals surface area contributed by atoms with Crippen molar-refractivity contribution in [3.05, 3.63) is 76.8 Å². The summed E-state index contributed by atoms with van der Waals surface area (Å²) in [7, 11) is 0. The lowest BCUT2D eigenvalue weighted by molar-refractivity contribution is 0.459. The van der Waals surface area contributed by atoms with Crippen molar-refractivity contribution < 1.29 is 9.26 Å². The minimum Gasteiger partial charge on any atom is -0.457 e. The lowest BCUT2D eigenvalue weighted by Gasteiger charge is -2.13. The number of hydrogen-bond acceptors (Lipinski definition) is 3. The van der Waals surface area contributed by atoms with Gasteiger partial charge in [-0.25, -0.2) is 0 Å². The van der Waals surface area contributed by atoms with Gasteiger partial charge in [-0.05, 0) is 72.4 Å². The molecule has 1 heterocycles. The molecule has 0 radical (unpaired) electrons. The van der Waals surface area contributed by atoms with Crippen LogP contribution in [0, 0.1) is 5.92 Å². The zero-order chi connectivity index (χ0) is 21.1. The van der Waals surface area contributed by atoms with E-state index < -0.39 is 0 Å². The van der Waals surface area contributed by atoms with Crippen LogP contribution in [0.5, 0.6) is 11.5 Å². The first-order valence-electron chi connectivity index (χ1n) is 10.5. The van der Waals surface area contributed by atoms with Crippen molar-refractivity contribution in [3.8, 4) is 22.8 Å². The Hall–Kier alpha value is -2.78. The zero-order valence-corrected chi connectivity index (χ0v) is 18.4. The van der Waals surface area contributed by atoms with Crippen molar-refractivity contribution in [2.24, 2.45) is 5.92 Å². The maximum absolute atomic E-state index is 6.30. The second-order valence-electron chi connectivity index (χ2n) is 8.09. The third kappa shape index (κ3) is 4.52. The van der Waals surface area contributed by atoms with E-state index in [1.54, 1.807) is 6.07 Å². The van der Waals surface area contributed by atoms with Crippen molar-refractivity contribution in [3.63, 3.8) is 0 Å². The molecule has 4 rings (SSSR count). The number of fused-ring (bicyclic) bond motifs is 1. The molecule has 154 valence electrons. The van der Waals surface area contributed by atoms with Gasteiger partial charge in [-0.3, -0.25) is 0 Å². The van der Waals surface area contributed by atoms with E-state index in [0.29, 0.717) is 16.5 Å². The second-order valence-corrected chi connectivity index (χ2v) is 8.53. The van der Waals surface area contributed by atoms with Gasteiger partial charge in [-0.15, -0.1) is 0 Å². The molecule has 1 aromatic heterocycles. The van der Waals surface area contributed by atoms with E-state index >= 15 is 0 Å². The first-order valence-corrected chi connectivity index (χ1v) is 10.9. The predicted molar refractivity (Wildman–Crippen MR) is 124 cm³/mol. The molecule has 0 unspecified atom stereocenters. The van der Waals surface area contributed by atoms with Crippen LogP contribution in [0.15, 0.2) is 65.2 Å². The van der Waals surface area contributed by atoms with Crippen molar-refractivity contribution in [2.75, 3.05) is 0 Å². The summed E-state index contributed by atoms with van der Waals surface area (Å²) in [5.74, 6) is 2.38. The van der Waals surface area contributed by atoms with E-state index in [2.05, 4.69) is 50.2 Å². The number of ether oxygens (including phenoxy) is 1. The van der Waals surface area contributed by atoms with Gasteiger partial charge in [-0.2, -0.15) is 0 Å². The van der Waals surface area contributed by atoms with Crippen LogP contribution in [0.1, 0.15) is 38.3 Å². The highest BCUT2D eigenvalue weighted by Gasteiger charge is 2.14. The number of aryl methyl sites for hydroxylation is 1. The molecule has 0 saturated heterocycles. The number of rotatable bonds is 7. The number of aromatic nitrogens is 1. The molecular weight excluding hydrogens is 394 g/mol. The molecule has 3 nitrogen and oxygen atoms in total. The average molecular weight is 420 g/mol. The minimum atomic E-state index is 0.613. The quantitative estimate of drug-likeness (QED) is 0.303. The molecule has 0 bridgehead atoms. The average Bonchev–Trinajstić information content (AvgIpc) is 3.12. The maximum Gasteiger partial charge on any atom is 0.169 e. The molecule has 0 atom stereocenters. The van der Waals surface area contributed by atoms with Gasteiger partial charge < -0.3 is 9.26 Å². The first kappa shape index (κ1) is 20.5. The summed E-state index contributed by atoms with van der Waals surface area (Å²) in [5, 5.41) is 5.88. The highest BCUT2D eigenvalue weighted by Crippen LogP contribution is 2.34. The van der Waals surface area contributed by atoms with Crippen LogP contribution in [0.25, 0.3) is 22.2 Å². The largest absolute Gasteiger partial charge is 0.457 e.